The van der Waals surface area contributed by atoms with E-state index in [4.69, 9.17) is 21.1 Å². The molecule has 2 aliphatic rings. The number of benzene rings is 1. The number of aryl methyl sites for hydroxylation is 1. The minimum Gasteiger partial charge on any atom is -0.439 e. The third-order valence-corrected chi connectivity index (χ3v) is 6.49. The molecule has 2 saturated heterocycles. The number of urea groups is 1. The monoisotopic (exact) mass is 469 g/mol. The van der Waals surface area contributed by atoms with E-state index in [0.29, 0.717) is 36.5 Å². The van der Waals surface area contributed by atoms with Crippen molar-refractivity contribution in [2.24, 2.45) is 7.05 Å². The van der Waals surface area contributed by atoms with E-state index in [9.17, 15) is 4.79 Å². The van der Waals surface area contributed by atoms with Gasteiger partial charge in [0.25, 0.3) is 5.95 Å². The molecule has 0 bridgehead atoms. The van der Waals surface area contributed by atoms with Crippen LogP contribution in [0.5, 0.6) is 11.6 Å². The Hall–Kier alpha value is -3.24. The maximum absolute atomic E-state index is 12.6. The summed E-state index contributed by atoms with van der Waals surface area (Å²) in [6, 6.07) is 11.3. The first-order chi connectivity index (χ1) is 16.0. The lowest BCUT2D eigenvalue weighted by molar-refractivity contribution is -0.0355. The van der Waals surface area contributed by atoms with Crippen molar-refractivity contribution in [2.75, 3.05) is 25.0 Å². The molecule has 1 atom stereocenters. The summed E-state index contributed by atoms with van der Waals surface area (Å²) in [5.74, 6) is 1.83. The molecule has 3 aromatic rings. The van der Waals surface area contributed by atoms with Crippen molar-refractivity contribution < 1.29 is 14.3 Å². The van der Waals surface area contributed by atoms with E-state index in [1.807, 2.05) is 18.2 Å². The van der Waals surface area contributed by atoms with Gasteiger partial charge in [-0.15, -0.1) is 0 Å². The summed E-state index contributed by atoms with van der Waals surface area (Å²) in [4.78, 5) is 18.5. The Labute approximate surface area is 195 Å². The van der Waals surface area contributed by atoms with E-state index in [-0.39, 0.29) is 17.6 Å². The zero-order chi connectivity index (χ0) is 22.8. The highest BCUT2D eigenvalue weighted by Gasteiger charge is 2.44. The minimum atomic E-state index is -0.206. The van der Waals surface area contributed by atoms with Crippen LogP contribution in [0.4, 0.5) is 10.7 Å². The van der Waals surface area contributed by atoms with E-state index < -0.39 is 0 Å². The van der Waals surface area contributed by atoms with Crippen LogP contribution in [0.2, 0.25) is 5.02 Å². The molecule has 1 spiro atoms. The molecule has 1 unspecified atom stereocenters. The molecule has 11 heteroatoms. The van der Waals surface area contributed by atoms with Crippen LogP contribution in [0.3, 0.4) is 0 Å². The van der Waals surface area contributed by atoms with Gasteiger partial charge < -0.3 is 14.4 Å². The minimum absolute atomic E-state index is 0.196. The molecule has 10 nitrogen and oxygen atoms in total. The van der Waals surface area contributed by atoms with Gasteiger partial charge in [0.05, 0.1) is 17.2 Å². The number of amides is 2. The Morgan fingerprint density at radius 1 is 1.27 bits per heavy atom. The number of carbonyl (C=O) groups is 1. The third kappa shape index (κ3) is 4.76. The summed E-state index contributed by atoms with van der Waals surface area (Å²) in [6.07, 6.45) is 4.06. The van der Waals surface area contributed by atoms with Crippen LogP contribution in [-0.2, 0) is 11.8 Å². The van der Waals surface area contributed by atoms with E-state index in [2.05, 4.69) is 31.9 Å². The molecule has 1 N–H and O–H groups in total. The van der Waals surface area contributed by atoms with Gasteiger partial charge >= 0.3 is 6.03 Å². The number of nitrogens with zero attached hydrogens (tertiary/aromatic N) is 6. The second-order valence-electron chi connectivity index (χ2n) is 8.43. The SMILES string of the molecule is Cn1nnnc1NC(=O)N1CCC2(CC1)CC(c1cccc(Oc3ccc(Cl)cn3)c1)CO2. The van der Waals surface area contributed by atoms with E-state index in [1.54, 1.807) is 30.3 Å². The van der Waals surface area contributed by atoms with Crippen molar-refractivity contribution in [3.63, 3.8) is 0 Å². The second kappa shape index (κ2) is 8.95. The van der Waals surface area contributed by atoms with Gasteiger partial charge in [-0.2, -0.15) is 0 Å². The van der Waals surface area contributed by atoms with Gasteiger partial charge in [0.1, 0.15) is 5.75 Å². The fourth-order valence-electron chi connectivity index (χ4n) is 4.41. The fourth-order valence-corrected chi connectivity index (χ4v) is 4.52. The number of likely N-dealkylation sites (tertiary alicyclic amines) is 1. The van der Waals surface area contributed by atoms with Crippen LogP contribution in [0.25, 0.3) is 0 Å². The Morgan fingerprint density at radius 3 is 2.85 bits per heavy atom. The van der Waals surface area contributed by atoms with Crippen LogP contribution in [0.15, 0.2) is 42.6 Å². The van der Waals surface area contributed by atoms with E-state index in [1.165, 1.54) is 10.2 Å². The summed E-state index contributed by atoms with van der Waals surface area (Å²) in [7, 11) is 1.68. The normalized spacial score (nSPS) is 19.6. The highest BCUT2D eigenvalue weighted by Crippen LogP contribution is 2.43. The van der Waals surface area contributed by atoms with Gasteiger partial charge in [0.15, 0.2) is 0 Å². The van der Waals surface area contributed by atoms with Crippen LogP contribution >= 0.6 is 11.6 Å². The van der Waals surface area contributed by atoms with Crippen LogP contribution in [0, 0.1) is 0 Å². The predicted octanol–water partition coefficient (Wildman–Crippen LogP) is 3.62. The molecule has 2 aromatic heterocycles. The smallest absolute Gasteiger partial charge is 0.324 e. The molecule has 2 amide bonds. The first-order valence-electron chi connectivity index (χ1n) is 10.8. The van der Waals surface area contributed by atoms with Crippen molar-refractivity contribution in [1.29, 1.82) is 0 Å². The maximum Gasteiger partial charge on any atom is 0.324 e. The van der Waals surface area contributed by atoms with Gasteiger partial charge in [-0.25, -0.2) is 14.5 Å². The number of aromatic nitrogens is 5. The number of halogens is 1. The number of hydrogen-bond donors (Lipinski definition) is 1. The number of nitrogens with one attached hydrogen (secondary N) is 1. The number of rotatable bonds is 4. The lowest BCUT2D eigenvalue weighted by atomic mass is 9.83. The fraction of sp³-hybridized carbons (Fsp3) is 0.409. The third-order valence-electron chi connectivity index (χ3n) is 6.26. The Kier molecular flexibility index (Phi) is 5.86. The zero-order valence-electron chi connectivity index (χ0n) is 18.1. The molecule has 2 fully saturated rings. The summed E-state index contributed by atoms with van der Waals surface area (Å²) >= 11 is 5.90. The molecule has 0 radical (unpaired) electrons. The standard InChI is InChI=1S/C22H24ClN7O3/c1-29-20(26-27-28-29)25-21(31)30-9-7-22(8-10-30)12-16(14-32-22)15-3-2-4-18(11-15)33-19-6-5-17(23)13-24-19/h2-6,11,13,16H,7-10,12,14H2,1H3,(H,25,26,28,31). The number of tetrazole rings is 1. The van der Waals surface area contributed by atoms with Crippen molar-refractivity contribution in [1.82, 2.24) is 30.1 Å². The zero-order valence-corrected chi connectivity index (χ0v) is 18.9. The highest BCUT2D eigenvalue weighted by atomic mass is 35.5. The topological polar surface area (TPSA) is 107 Å². The highest BCUT2D eigenvalue weighted by molar-refractivity contribution is 6.30. The number of piperidine rings is 1. The van der Waals surface area contributed by atoms with Gasteiger partial charge in [0, 0.05) is 38.3 Å². The van der Waals surface area contributed by atoms with Crippen LogP contribution in [-0.4, -0.2) is 61.4 Å². The number of carbonyl (C=O) groups excluding carboxylic acids is 1. The van der Waals surface area contributed by atoms with Crippen molar-refractivity contribution in [3.05, 3.63) is 53.2 Å². The van der Waals surface area contributed by atoms with Crippen LogP contribution < -0.4 is 10.1 Å². The van der Waals surface area contributed by atoms with Gasteiger partial charge in [0.2, 0.25) is 5.88 Å². The second-order valence-corrected chi connectivity index (χ2v) is 8.86. The molecule has 5 rings (SSSR count). The van der Waals surface area contributed by atoms with E-state index >= 15 is 0 Å². The molecular weight excluding hydrogens is 446 g/mol. The molecule has 0 saturated carbocycles. The molecule has 1 aromatic carbocycles. The maximum atomic E-state index is 12.6. The van der Waals surface area contributed by atoms with Crippen molar-refractivity contribution >= 4 is 23.6 Å². The van der Waals surface area contributed by atoms with Gasteiger partial charge in [-0.1, -0.05) is 28.8 Å². The van der Waals surface area contributed by atoms with E-state index in [0.717, 1.165) is 25.0 Å². The summed E-state index contributed by atoms with van der Waals surface area (Å²) < 4.78 is 13.6. The average molecular weight is 470 g/mol. The predicted molar refractivity (Wildman–Crippen MR) is 120 cm³/mol. The Balaban J connectivity index is 1.18. The molecular formula is C22H24ClN7O3. The van der Waals surface area contributed by atoms with Crippen molar-refractivity contribution in [2.45, 2.75) is 30.8 Å². The van der Waals surface area contributed by atoms with Gasteiger partial charge in [-0.3, -0.25) is 5.32 Å². The lowest BCUT2D eigenvalue weighted by Crippen LogP contribution is -2.48. The summed E-state index contributed by atoms with van der Waals surface area (Å²) in [5.41, 5.74) is 0.968. The number of pyridine rings is 1. The number of anilines is 1. The number of ether oxygens (including phenoxy) is 2. The molecule has 172 valence electrons. The lowest BCUT2D eigenvalue weighted by Gasteiger charge is -2.38. The molecule has 33 heavy (non-hydrogen) atoms. The van der Waals surface area contributed by atoms with Crippen LogP contribution in [0.1, 0.15) is 30.7 Å². The quantitative estimate of drug-likeness (QED) is 0.621. The molecule has 2 aliphatic heterocycles. The Morgan fingerprint density at radius 2 is 2.12 bits per heavy atom. The first-order valence-corrected chi connectivity index (χ1v) is 11.2. The average Bonchev–Trinajstić information content (AvgIpc) is 3.42. The first kappa shape index (κ1) is 21.6. The summed E-state index contributed by atoms with van der Waals surface area (Å²) in [5, 5.41) is 14.4. The van der Waals surface area contributed by atoms with Crippen molar-refractivity contribution in [3.8, 4) is 11.6 Å². The van der Waals surface area contributed by atoms with Gasteiger partial charge in [-0.05, 0) is 53.5 Å². The molecule has 0 aliphatic carbocycles. The number of hydrogen-bond acceptors (Lipinski definition) is 7. The molecule has 4 heterocycles. The largest absolute Gasteiger partial charge is 0.439 e. The Bertz CT molecular complexity index is 1130. The summed E-state index contributed by atoms with van der Waals surface area (Å²) in [6.45, 7) is 1.89.